The molecule has 0 unspecified atom stereocenters. The van der Waals surface area contributed by atoms with Gasteiger partial charge < -0.3 is 5.73 Å². The molecule has 2 rings (SSSR count). The largest absolute Gasteiger partial charge is 0.326 e. The van der Waals surface area contributed by atoms with Crippen LogP contribution in [0.4, 0.5) is 14.5 Å². The highest BCUT2D eigenvalue weighted by atomic mass is 79.9. The monoisotopic (exact) mass is 376 g/mol. The van der Waals surface area contributed by atoms with E-state index in [0.29, 0.717) is 11.6 Å². The fraction of sp³-hybridized carbons (Fsp3) is 0.0769. The van der Waals surface area contributed by atoms with Gasteiger partial charge in [0.2, 0.25) is 0 Å². The molecule has 0 saturated heterocycles. The lowest BCUT2D eigenvalue weighted by Crippen LogP contribution is -2.15. The summed E-state index contributed by atoms with van der Waals surface area (Å²) in [6.45, 7) is 0.179. The molecule has 21 heavy (non-hydrogen) atoms. The van der Waals surface area contributed by atoms with Crippen LogP contribution in [0, 0.1) is 11.6 Å². The van der Waals surface area contributed by atoms with E-state index in [-0.39, 0.29) is 21.6 Å². The molecular weight excluding hydrogens is 366 g/mol. The molecule has 0 aliphatic heterocycles. The number of halogens is 3. The minimum atomic E-state index is -4.00. The number of nitrogens with two attached hydrogens (primary N) is 1. The van der Waals surface area contributed by atoms with Crippen LogP contribution in [-0.2, 0) is 16.6 Å². The number of benzene rings is 2. The van der Waals surface area contributed by atoms with Crippen LogP contribution < -0.4 is 10.5 Å². The first kappa shape index (κ1) is 15.9. The second kappa shape index (κ2) is 6.08. The van der Waals surface area contributed by atoms with E-state index < -0.39 is 21.7 Å². The van der Waals surface area contributed by atoms with Gasteiger partial charge in [0.05, 0.1) is 10.6 Å². The van der Waals surface area contributed by atoms with Crippen LogP contribution in [0.25, 0.3) is 0 Å². The Labute approximate surface area is 129 Å². The van der Waals surface area contributed by atoms with Gasteiger partial charge in [-0.25, -0.2) is 17.2 Å². The van der Waals surface area contributed by atoms with E-state index in [1.807, 2.05) is 0 Å². The summed E-state index contributed by atoms with van der Waals surface area (Å²) < 4.78 is 53.2. The van der Waals surface area contributed by atoms with Crippen molar-refractivity contribution in [2.45, 2.75) is 11.4 Å². The Morgan fingerprint density at radius 3 is 2.52 bits per heavy atom. The number of nitrogens with one attached hydrogen (secondary N) is 1. The quantitative estimate of drug-likeness (QED) is 0.861. The van der Waals surface area contributed by atoms with E-state index in [1.54, 1.807) is 6.07 Å². The van der Waals surface area contributed by atoms with Crippen molar-refractivity contribution in [3.63, 3.8) is 0 Å². The molecule has 2 aromatic rings. The van der Waals surface area contributed by atoms with Gasteiger partial charge in [-0.2, -0.15) is 0 Å². The van der Waals surface area contributed by atoms with Gasteiger partial charge in [0, 0.05) is 17.1 Å². The maximum Gasteiger partial charge on any atom is 0.262 e. The normalized spacial score (nSPS) is 11.4. The molecule has 0 radical (unpaired) electrons. The van der Waals surface area contributed by atoms with Crippen LogP contribution in [0.15, 0.2) is 45.8 Å². The van der Waals surface area contributed by atoms with Crippen molar-refractivity contribution < 1.29 is 17.2 Å². The molecule has 2 aromatic carbocycles. The van der Waals surface area contributed by atoms with Gasteiger partial charge in [-0.3, -0.25) is 4.72 Å². The third kappa shape index (κ3) is 3.58. The molecule has 0 heterocycles. The Kier molecular flexibility index (Phi) is 4.60. The van der Waals surface area contributed by atoms with E-state index in [2.05, 4.69) is 20.7 Å². The van der Waals surface area contributed by atoms with Crippen molar-refractivity contribution in [2.75, 3.05) is 4.72 Å². The predicted octanol–water partition coefficient (Wildman–Crippen LogP) is 2.99. The molecule has 3 N–H and O–H groups in total. The summed E-state index contributed by atoms with van der Waals surface area (Å²) in [7, 11) is -4.00. The lowest BCUT2D eigenvalue weighted by molar-refractivity contribution is 0.581. The lowest BCUT2D eigenvalue weighted by atomic mass is 10.2. The molecular formula is C13H11BrF2N2O2S. The molecule has 0 amide bonds. The van der Waals surface area contributed by atoms with Crippen LogP contribution in [0.1, 0.15) is 5.56 Å². The van der Waals surface area contributed by atoms with Crippen LogP contribution >= 0.6 is 15.9 Å². The van der Waals surface area contributed by atoms with E-state index >= 15 is 0 Å². The Hall–Kier alpha value is -1.51. The zero-order valence-corrected chi connectivity index (χ0v) is 13.0. The first-order chi connectivity index (χ1) is 9.83. The minimum absolute atomic E-state index is 0.0291. The van der Waals surface area contributed by atoms with E-state index in [0.717, 1.165) is 6.07 Å². The molecule has 0 atom stereocenters. The molecule has 0 spiro atoms. The summed E-state index contributed by atoms with van der Waals surface area (Å²) in [6, 6.07) is 7.52. The van der Waals surface area contributed by atoms with E-state index in [4.69, 9.17) is 5.73 Å². The summed E-state index contributed by atoms with van der Waals surface area (Å²) in [5.41, 5.74) is 5.72. The van der Waals surface area contributed by atoms with Crippen LogP contribution in [0.3, 0.4) is 0 Å². The molecule has 8 heteroatoms. The summed E-state index contributed by atoms with van der Waals surface area (Å²) in [4.78, 5) is -0.0546. The number of rotatable bonds is 4. The zero-order valence-electron chi connectivity index (χ0n) is 10.6. The lowest BCUT2D eigenvalue weighted by Gasteiger charge is -2.11. The van der Waals surface area contributed by atoms with Crippen LogP contribution in [0.2, 0.25) is 0 Å². The SMILES string of the molecule is NCc1cccc(S(=O)(=O)Nc2c(F)cc(F)cc2Br)c1. The maximum atomic E-state index is 13.7. The van der Waals surface area contributed by atoms with Crippen molar-refractivity contribution in [1.82, 2.24) is 0 Å². The summed E-state index contributed by atoms with van der Waals surface area (Å²) >= 11 is 2.92. The molecule has 0 aromatic heterocycles. The topological polar surface area (TPSA) is 72.2 Å². The molecule has 0 saturated carbocycles. The van der Waals surface area contributed by atoms with Gasteiger partial charge in [0.1, 0.15) is 5.82 Å². The number of sulfonamides is 1. The highest BCUT2D eigenvalue weighted by Gasteiger charge is 2.19. The Balaban J connectivity index is 2.42. The predicted molar refractivity (Wildman–Crippen MR) is 79.2 cm³/mol. The first-order valence-electron chi connectivity index (χ1n) is 5.80. The van der Waals surface area contributed by atoms with Gasteiger partial charge in [-0.15, -0.1) is 0 Å². The van der Waals surface area contributed by atoms with E-state index in [1.165, 1.54) is 18.2 Å². The Bertz CT molecular complexity index is 758. The first-order valence-corrected chi connectivity index (χ1v) is 8.07. The smallest absolute Gasteiger partial charge is 0.262 e. The fourth-order valence-electron chi connectivity index (χ4n) is 1.67. The van der Waals surface area contributed by atoms with Crippen LogP contribution in [-0.4, -0.2) is 8.42 Å². The molecule has 112 valence electrons. The highest BCUT2D eigenvalue weighted by Crippen LogP contribution is 2.29. The van der Waals surface area contributed by atoms with Crippen molar-refractivity contribution >= 4 is 31.6 Å². The fourth-order valence-corrected chi connectivity index (χ4v) is 3.47. The molecule has 4 nitrogen and oxygen atoms in total. The summed E-state index contributed by atoms with van der Waals surface area (Å²) in [5, 5.41) is 0. The van der Waals surface area contributed by atoms with Gasteiger partial charge in [-0.1, -0.05) is 12.1 Å². The zero-order chi connectivity index (χ0) is 15.6. The van der Waals surface area contributed by atoms with Gasteiger partial charge in [-0.05, 0) is 39.7 Å². The van der Waals surface area contributed by atoms with Crippen LogP contribution in [0.5, 0.6) is 0 Å². The summed E-state index contributed by atoms with van der Waals surface area (Å²) in [5.74, 6) is -1.83. The van der Waals surface area contributed by atoms with Crippen molar-refractivity contribution in [2.24, 2.45) is 5.73 Å². The molecule has 0 aliphatic carbocycles. The third-order valence-corrected chi connectivity index (χ3v) is 4.66. The summed E-state index contributed by atoms with van der Waals surface area (Å²) in [6.07, 6.45) is 0. The standard InChI is InChI=1S/C13H11BrF2N2O2S/c14-11-5-9(15)6-12(16)13(11)18-21(19,20)10-3-1-2-8(4-10)7-17/h1-6,18H,7,17H2. The average molecular weight is 377 g/mol. The van der Waals surface area contributed by atoms with Gasteiger partial charge in [0.25, 0.3) is 10.0 Å². The number of anilines is 1. The molecule has 0 bridgehead atoms. The molecule has 0 aliphatic rings. The van der Waals surface area contributed by atoms with Crippen molar-refractivity contribution in [3.8, 4) is 0 Å². The maximum absolute atomic E-state index is 13.7. The average Bonchev–Trinajstić information content (AvgIpc) is 2.43. The molecule has 0 fully saturated rings. The second-order valence-corrected chi connectivity index (χ2v) is 6.74. The number of hydrogen-bond acceptors (Lipinski definition) is 3. The van der Waals surface area contributed by atoms with Gasteiger partial charge >= 0.3 is 0 Å². The number of hydrogen-bond donors (Lipinski definition) is 2. The minimum Gasteiger partial charge on any atom is -0.326 e. The van der Waals surface area contributed by atoms with E-state index in [9.17, 15) is 17.2 Å². The third-order valence-electron chi connectivity index (χ3n) is 2.69. The highest BCUT2D eigenvalue weighted by molar-refractivity contribution is 9.10. The Morgan fingerprint density at radius 1 is 1.19 bits per heavy atom. The van der Waals surface area contributed by atoms with Gasteiger partial charge in [0.15, 0.2) is 5.82 Å². The second-order valence-electron chi connectivity index (χ2n) is 4.20. The van der Waals surface area contributed by atoms with Crippen molar-refractivity contribution in [3.05, 3.63) is 58.1 Å². The van der Waals surface area contributed by atoms with Crippen molar-refractivity contribution in [1.29, 1.82) is 0 Å². The Morgan fingerprint density at radius 2 is 1.90 bits per heavy atom.